The van der Waals surface area contributed by atoms with Gasteiger partial charge in [-0.2, -0.15) is 0 Å². The van der Waals surface area contributed by atoms with E-state index in [2.05, 4.69) is 72.6 Å². The summed E-state index contributed by atoms with van der Waals surface area (Å²) in [5.74, 6) is 1.22. The van der Waals surface area contributed by atoms with Crippen LogP contribution in [0.2, 0.25) is 0 Å². The maximum atomic E-state index is 4.58. The average Bonchev–Trinajstić information content (AvgIpc) is 3.04. The van der Waals surface area contributed by atoms with Crippen LogP contribution in [0.15, 0.2) is 82.9 Å². The average molecular weight is 337 g/mol. The number of hydrogen-bond acceptors (Lipinski definition) is 1. The Labute approximate surface area is 155 Å². The Morgan fingerprint density at radius 1 is 1.12 bits per heavy atom. The minimum atomic E-state index is 0.557. The van der Waals surface area contributed by atoms with E-state index in [1.807, 2.05) is 12.3 Å². The van der Waals surface area contributed by atoms with Gasteiger partial charge in [0.05, 0.1) is 5.69 Å². The molecule has 2 unspecified atom stereocenters. The van der Waals surface area contributed by atoms with E-state index >= 15 is 0 Å². The molecular formula is C25H23N. The first-order valence-electron chi connectivity index (χ1n) is 9.60. The van der Waals surface area contributed by atoms with Crippen molar-refractivity contribution < 1.29 is 0 Å². The van der Waals surface area contributed by atoms with Gasteiger partial charge in [0.1, 0.15) is 0 Å². The van der Waals surface area contributed by atoms with Crippen molar-refractivity contribution in [1.82, 2.24) is 0 Å². The first kappa shape index (κ1) is 15.6. The monoisotopic (exact) mass is 337 g/mol. The van der Waals surface area contributed by atoms with E-state index in [1.54, 1.807) is 11.1 Å². The molecule has 0 radical (unpaired) electrons. The lowest BCUT2D eigenvalue weighted by atomic mass is 9.82. The van der Waals surface area contributed by atoms with Gasteiger partial charge in [0.15, 0.2) is 0 Å². The van der Waals surface area contributed by atoms with Gasteiger partial charge in [-0.15, -0.1) is 0 Å². The van der Waals surface area contributed by atoms with Crippen LogP contribution >= 0.6 is 0 Å². The number of aliphatic imine (C=N–C) groups is 1. The third-order valence-corrected chi connectivity index (χ3v) is 6.01. The van der Waals surface area contributed by atoms with Crippen molar-refractivity contribution in [3.63, 3.8) is 0 Å². The highest BCUT2D eigenvalue weighted by Crippen LogP contribution is 2.46. The largest absolute Gasteiger partial charge is 0.256 e. The zero-order valence-electron chi connectivity index (χ0n) is 15.2. The second-order valence-corrected chi connectivity index (χ2v) is 7.62. The summed E-state index contributed by atoms with van der Waals surface area (Å²) < 4.78 is 0. The van der Waals surface area contributed by atoms with E-state index in [4.69, 9.17) is 0 Å². The molecule has 3 aliphatic carbocycles. The summed E-state index contributed by atoms with van der Waals surface area (Å²) in [4.78, 5) is 4.58. The van der Waals surface area contributed by atoms with Crippen LogP contribution in [0.1, 0.15) is 37.3 Å². The van der Waals surface area contributed by atoms with E-state index in [1.165, 1.54) is 41.5 Å². The molecule has 1 heterocycles. The molecule has 2 atom stereocenters. The number of rotatable bonds is 1. The van der Waals surface area contributed by atoms with Gasteiger partial charge in [-0.05, 0) is 72.6 Å². The maximum Gasteiger partial charge on any atom is 0.0705 e. The second-order valence-electron chi connectivity index (χ2n) is 7.62. The predicted octanol–water partition coefficient (Wildman–Crippen LogP) is 6.60. The van der Waals surface area contributed by atoms with Crippen molar-refractivity contribution in [2.75, 3.05) is 0 Å². The Morgan fingerprint density at radius 3 is 3.04 bits per heavy atom. The summed E-state index contributed by atoms with van der Waals surface area (Å²) >= 11 is 0. The lowest BCUT2D eigenvalue weighted by molar-refractivity contribution is 0.581. The molecule has 1 aromatic carbocycles. The number of benzene rings is 1. The molecule has 5 rings (SSSR count). The van der Waals surface area contributed by atoms with Crippen LogP contribution < -0.4 is 0 Å². The molecule has 26 heavy (non-hydrogen) atoms. The highest BCUT2D eigenvalue weighted by Gasteiger charge is 2.33. The molecule has 0 amide bonds. The minimum absolute atomic E-state index is 0.557. The third-order valence-electron chi connectivity index (χ3n) is 6.01. The fourth-order valence-corrected chi connectivity index (χ4v) is 4.62. The maximum absolute atomic E-state index is 4.58. The van der Waals surface area contributed by atoms with Gasteiger partial charge in [-0.3, -0.25) is 4.99 Å². The molecular weight excluding hydrogens is 314 g/mol. The smallest absolute Gasteiger partial charge is 0.0705 e. The lowest BCUT2D eigenvalue weighted by Gasteiger charge is -2.22. The van der Waals surface area contributed by atoms with E-state index in [0.717, 1.165) is 5.69 Å². The van der Waals surface area contributed by atoms with Crippen molar-refractivity contribution in [3.05, 3.63) is 89.1 Å². The number of hydrogen-bond donors (Lipinski definition) is 0. The second kappa shape index (κ2) is 6.25. The first-order chi connectivity index (χ1) is 12.8. The number of allylic oxidation sites excluding steroid dienone is 12. The molecule has 0 saturated carbocycles. The number of nitrogens with zero attached hydrogens (tertiary/aromatic N) is 1. The lowest BCUT2D eigenvalue weighted by Crippen LogP contribution is -2.10. The fraction of sp³-hybridized carbons (Fsp3) is 0.240. The SMILES string of the molecule is C/C1=C\C=C/C=Nc2ccc(C3=CC4C5=C(CCC=C5)CC4C=C3)cc21. The van der Waals surface area contributed by atoms with E-state index < -0.39 is 0 Å². The van der Waals surface area contributed by atoms with Crippen LogP contribution in [-0.4, -0.2) is 6.21 Å². The highest BCUT2D eigenvalue weighted by molar-refractivity contribution is 5.86. The van der Waals surface area contributed by atoms with Gasteiger partial charge in [0, 0.05) is 17.7 Å². The fourth-order valence-electron chi connectivity index (χ4n) is 4.62. The predicted molar refractivity (Wildman–Crippen MR) is 111 cm³/mol. The van der Waals surface area contributed by atoms with Gasteiger partial charge >= 0.3 is 0 Å². The Bertz CT molecular complexity index is 975. The summed E-state index contributed by atoms with van der Waals surface area (Å²) in [6.45, 7) is 2.16. The van der Waals surface area contributed by atoms with Gasteiger partial charge in [-0.1, -0.05) is 54.2 Å². The molecule has 0 spiro atoms. The van der Waals surface area contributed by atoms with Crippen LogP contribution in [-0.2, 0) is 0 Å². The molecule has 1 heteroatoms. The van der Waals surface area contributed by atoms with Gasteiger partial charge < -0.3 is 0 Å². The van der Waals surface area contributed by atoms with Crippen molar-refractivity contribution in [2.24, 2.45) is 16.8 Å². The Kier molecular flexibility index (Phi) is 3.74. The van der Waals surface area contributed by atoms with Crippen molar-refractivity contribution in [1.29, 1.82) is 0 Å². The normalized spacial score (nSPS) is 29.1. The minimum Gasteiger partial charge on any atom is -0.256 e. The van der Waals surface area contributed by atoms with Crippen LogP contribution in [0, 0.1) is 11.8 Å². The summed E-state index contributed by atoms with van der Waals surface area (Å²) in [6.07, 6.45) is 23.8. The molecule has 0 N–H and O–H groups in total. The molecule has 0 saturated heterocycles. The molecule has 0 fully saturated rings. The topological polar surface area (TPSA) is 12.4 Å². The van der Waals surface area contributed by atoms with Crippen molar-refractivity contribution >= 4 is 23.0 Å². The Morgan fingerprint density at radius 2 is 2.08 bits per heavy atom. The third kappa shape index (κ3) is 2.59. The summed E-state index contributed by atoms with van der Waals surface area (Å²) in [5.41, 5.74) is 9.43. The standard InChI is InChI=1S/C25H23N/c1-17-6-4-5-13-26-25-12-11-19(15-23(17)25)18-9-10-21-14-20-7-2-3-8-22(20)24(21)16-18/h3-6,8-13,15-16,21,24H,2,7,14H2,1H3/b5-4-,6-4?,13-5?,17-6+,23-17?,26-13?,26-25?. The molecule has 0 aromatic heterocycles. The van der Waals surface area contributed by atoms with Gasteiger partial charge in [0.25, 0.3) is 0 Å². The van der Waals surface area contributed by atoms with E-state index in [-0.39, 0.29) is 0 Å². The van der Waals surface area contributed by atoms with Crippen LogP contribution in [0.25, 0.3) is 11.1 Å². The molecule has 128 valence electrons. The highest BCUT2D eigenvalue weighted by atomic mass is 14.7. The zero-order valence-corrected chi connectivity index (χ0v) is 15.2. The van der Waals surface area contributed by atoms with Gasteiger partial charge in [-0.25, -0.2) is 0 Å². The molecule has 1 aromatic rings. The Balaban J connectivity index is 1.54. The zero-order chi connectivity index (χ0) is 17.5. The molecule has 1 aliphatic heterocycles. The van der Waals surface area contributed by atoms with Crippen LogP contribution in [0.5, 0.6) is 0 Å². The Hall–Kier alpha value is -2.67. The summed E-state index contributed by atoms with van der Waals surface area (Å²) in [6, 6.07) is 6.67. The summed E-state index contributed by atoms with van der Waals surface area (Å²) in [7, 11) is 0. The molecule has 0 bridgehead atoms. The molecule has 4 aliphatic rings. The first-order valence-corrected chi connectivity index (χ1v) is 9.60. The van der Waals surface area contributed by atoms with Gasteiger partial charge in [0.2, 0.25) is 0 Å². The van der Waals surface area contributed by atoms with Crippen molar-refractivity contribution in [2.45, 2.75) is 26.2 Å². The number of fused-ring (bicyclic) bond motifs is 3. The quantitative estimate of drug-likeness (QED) is 0.547. The van der Waals surface area contributed by atoms with E-state index in [0.29, 0.717) is 11.8 Å². The molecule has 1 nitrogen and oxygen atoms in total. The van der Waals surface area contributed by atoms with Crippen LogP contribution in [0.3, 0.4) is 0 Å². The van der Waals surface area contributed by atoms with Crippen molar-refractivity contribution in [3.8, 4) is 0 Å². The summed E-state index contributed by atoms with van der Waals surface area (Å²) in [5, 5.41) is 0. The van der Waals surface area contributed by atoms with E-state index in [9.17, 15) is 0 Å². The van der Waals surface area contributed by atoms with Crippen LogP contribution in [0.4, 0.5) is 5.69 Å².